The van der Waals surface area contributed by atoms with Crippen molar-refractivity contribution in [3.8, 4) is 0 Å². The number of hydrogen-bond donors (Lipinski definition) is 1. The van der Waals surface area contributed by atoms with Gasteiger partial charge in [0.1, 0.15) is 0 Å². The summed E-state index contributed by atoms with van der Waals surface area (Å²) in [6.07, 6.45) is 4.22. The highest BCUT2D eigenvalue weighted by Crippen LogP contribution is 2.28. The lowest BCUT2D eigenvalue weighted by Gasteiger charge is -2.29. The van der Waals surface area contributed by atoms with Crippen LogP contribution in [0.2, 0.25) is 0 Å². The third kappa shape index (κ3) is 5.67. The van der Waals surface area contributed by atoms with Crippen molar-refractivity contribution in [3.63, 3.8) is 0 Å². The van der Waals surface area contributed by atoms with E-state index in [0.29, 0.717) is 12.3 Å². The molecule has 2 atom stereocenters. The van der Waals surface area contributed by atoms with Crippen molar-refractivity contribution in [3.05, 3.63) is 11.6 Å². The van der Waals surface area contributed by atoms with Gasteiger partial charge in [-0.05, 0) is 52.9 Å². The molecule has 0 spiro atoms. The number of esters is 1. The van der Waals surface area contributed by atoms with Crippen LogP contribution in [0.4, 0.5) is 0 Å². The largest absolute Gasteiger partial charge is 0.469 e. The lowest BCUT2D eigenvalue weighted by Crippen LogP contribution is -2.39. The van der Waals surface area contributed by atoms with Gasteiger partial charge in [0, 0.05) is 0 Å². The summed E-state index contributed by atoms with van der Waals surface area (Å²) in [5.74, 6) is 0.0334. The number of aliphatic hydroxyl groups excluding tert-OH is 1. The Morgan fingerprint density at radius 1 is 1.39 bits per heavy atom. The first kappa shape index (κ1) is 17.2. The minimum atomic E-state index is -0.834. The van der Waals surface area contributed by atoms with E-state index in [1.54, 1.807) is 13.8 Å². The molecule has 0 amide bonds. The molecule has 0 aromatic heterocycles. The molecule has 0 heterocycles. The Kier molecular flexibility index (Phi) is 7.22. The molecule has 0 fully saturated rings. The van der Waals surface area contributed by atoms with E-state index < -0.39 is 11.5 Å². The van der Waals surface area contributed by atoms with Crippen LogP contribution in [0.1, 0.15) is 53.9 Å². The van der Waals surface area contributed by atoms with Gasteiger partial charge in [-0.3, -0.25) is 4.79 Å². The van der Waals surface area contributed by atoms with Gasteiger partial charge in [0.05, 0.1) is 18.6 Å². The van der Waals surface area contributed by atoms with Crippen molar-refractivity contribution in [2.75, 3.05) is 7.11 Å². The number of aliphatic hydroxyl groups is 1. The third-order valence-corrected chi connectivity index (χ3v) is 3.38. The van der Waals surface area contributed by atoms with E-state index in [1.807, 2.05) is 0 Å². The van der Waals surface area contributed by atoms with E-state index in [4.69, 9.17) is 4.74 Å². The second-order valence-electron chi connectivity index (χ2n) is 5.93. The van der Waals surface area contributed by atoms with Gasteiger partial charge in [0.15, 0.2) is 0 Å². The maximum atomic E-state index is 11.6. The molecular weight excluding hydrogens is 228 g/mol. The van der Waals surface area contributed by atoms with Crippen LogP contribution >= 0.6 is 0 Å². The van der Waals surface area contributed by atoms with E-state index >= 15 is 0 Å². The molecule has 3 nitrogen and oxygen atoms in total. The maximum Gasteiger partial charge on any atom is 0.313 e. The van der Waals surface area contributed by atoms with Crippen molar-refractivity contribution < 1.29 is 14.6 Å². The molecule has 0 saturated heterocycles. The SMILES string of the molecule is COC(=O)C(C)(C)C(O)CC(C)CCC=C(C)C. The molecule has 0 bridgehead atoms. The molecule has 2 unspecified atom stereocenters. The summed E-state index contributed by atoms with van der Waals surface area (Å²) in [5.41, 5.74) is 0.483. The molecule has 0 aliphatic heterocycles. The molecule has 1 N–H and O–H groups in total. The van der Waals surface area contributed by atoms with Gasteiger partial charge in [0.2, 0.25) is 0 Å². The Hall–Kier alpha value is -0.830. The molecule has 106 valence electrons. The molecule has 0 aromatic rings. The molecule has 0 aliphatic carbocycles. The van der Waals surface area contributed by atoms with Crippen LogP contribution in [0.15, 0.2) is 11.6 Å². The Bertz CT molecular complexity index is 288. The lowest BCUT2D eigenvalue weighted by molar-refractivity contribution is -0.158. The normalized spacial score (nSPS) is 14.8. The van der Waals surface area contributed by atoms with Gasteiger partial charge in [-0.2, -0.15) is 0 Å². The monoisotopic (exact) mass is 256 g/mol. The van der Waals surface area contributed by atoms with Crippen LogP contribution in [0.25, 0.3) is 0 Å². The Labute approximate surface area is 111 Å². The predicted octanol–water partition coefficient (Wildman–Crippen LogP) is 3.32. The average Bonchev–Trinajstić information content (AvgIpc) is 2.26. The highest BCUT2D eigenvalue weighted by Gasteiger charge is 2.37. The van der Waals surface area contributed by atoms with Crippen molar-refractivity contribution in [2.24, 2.45) is 11.3 Å². The molecule has 0 radical (unpaired) electrons. The summed E-state index contributed by atoms with van der Waals surface area (Å²) in [6.45, 7) is 9.73. The van der Waals surface area contributed by atoms with Gasteiger partial charge in [-0.15, -0.1) is 0 Å². The van der Waals surface area contributed by atoms with Crippen LogP contribution in [0.3, 0.4) is 0 Å². The summed E-state index contributed by atoms with van der Waals surface area (Å²) in [7, 11) is 1.36. The predicted molar refractivity (Wildman–Crippen MR) is 74.2 cm³/mol. The molecule has 3 heteroatoms. The van der Waals surface area contributed by atoms with Gasteiger partial charge < -0.3 is 9.84 Å². The smallest absolute Gasteiger partial charge is 0.313 e. The lowest BCUT2D eigenvalue weighted by atomic mass is 9.81. The van der Waals surface area contributed by atoms with Crippen LogP contribution in [0, 0.1) is 11.3 Å². The molecule has 0 aliphatic rings. The molecule has 18 heavy (non-hydrogen) atoms. The fraction of sp³-hybridized carbons (Fsp3) is 0.800. The van der Waals surface area contributed by atoms with E-state index in [2.05, 4.69) is 26.8 Å². The quantitative estimate of drug-likeness (QED) is 0.561. The molecule has 0 aromatic carbocycles. The average molecular weight is 256 g/mol. The maximum absolute atomic E-state index is 11.6. The van der Waals surface area contributed by atoms with Gasteiger partial charge in [-0.25, -0.2) is 0 Å². The first-order valence-electron chi connectivity index (χ1n) is 6.61. The number of carbonyl (C=O) groups excluding carboxylic acids is 1. The van der Waals surface area contributed by atoms with Crippen molar-refractivity contribution in [1.82, 2.24) is 0 Å². The van der Waals surface area contributed by atoms with Crippen LogP contribution in [-0.2, 0) is 9.53 Å². The van der Waals surface area contributed by atoms with E-state index in [9.17, 15) is 9.90 Å². The number of allylic oxidation sites excluding steroid dienone is 2. The summed E-state index contributed by atoms with van der Waals surface area (Å²) in [4.78, 5) is 11.6. The van der Waals surface area contributed by atoms with Crippen molar-refractivity contribution >= 4 is 5.97 Å². The number of ether oxygens (including phenoxy) is 1. The zero-order valence-electron chi connectivity index (χ0n) is 12.6. The van der Waals surface area contributed by atoms with E-state index in [0.717, 1.165) is 12.8 Å². The number of rotatable bonds is 7. The topological polar surface area (TPSA) is 46.5 Å². The van der Waals surface area contributed by atoms with Gasteiger partial charge >= 0.3 is 5.97 Å². The molecule has 0 rings (SSSR count). The summed E-state index contributed by atoms with van der Waals surface area (Å²) >= 11 is 0. The Morgan fingerprint density at radius 3 is 2.39 bits per heavy atom. The van der Waals surface area contributed by atoms with Crippen molar-refractivity contribution in [2.45, 2.75) is 60.0 Å². The van der Waals surface area contributed by atoms with E-state index in [-0.39, 0.29) is 5.97 Å². The summed E-state index contributed by atoms with van der Waals surface area (Å²) in [5, 5.41) is 10.1. The standard InChI is InChI=1S/C15H28O3/c1-11(2)8-7-9-12(3)10-13(16)15(4,5)14(17)18-6/h8,12-13,16H,7,9-10H2,1-6H3. The van der Waals surface area contributed by atoms with Crippen LogP contribution in [0.5, 0.6) is 0 Å². The fourth-order valence-electron chi connectivity index (χ4n) is 1.85. The minimum absolute atomic E-state index is 0.355. The zero-order chi connectivity index (χ0) is 14.3. The first-order chi connectivity index (χ1) is 8.21. The minimum Gasteiger partial charge on any atom is -0.469 e. The Morgan fingerprint density at radius 2 is 1.94 bits per heavy atom. The summed E-state index contributed by atoms with van der Waals surface area (Å²) in [6, 6.07) is 0. The second kappa shape index (κ2) is 7.57. The van der Waals surface area contributed by atoms with Crippen LogP contribution < -0.4 is 0 Å². The van der Waals surface area contributed by atoms with Gasteiger partial charge in [0.25, 0.3) is 0 Å². The van der Waals surface area contributed by atoms with Crippen LogP contribution in [-0.4, -0.2) is 24.3 Å². The molecule has 0 saturated carbocycles. The Balaban J connectivity index is 4.26. The highest BCUT2D eigenvalue weighted by atomic mass is 16.5. The van der Waals surface area contributed by atoms with E-state index in [1.165, 1.54) is 12.7 Å². The number of methoxy groups -OCH3 is 1. The molecular formula is C15H28O3. The highest BCUT2D eigenvalue weighted by molar-refractivity contribution is 5.76. The second-order valence-corrected chi connectivity index (χ2v) is 5.93. The number of hydrogen-bond acceptors (Lipinski definition) is 3. The number of carbonyl (C=O) groups is 1. The fourth-order valence-corrected chi connectivity index (χ4v) is 1.85. The summed E-state index contributed by atoms with van der Waals surface area (Å²) < 4.78 is 4.72. The first-order valence-corrected chi connectivity index (χ1v) is 6.61. The zero-order valence-corrected chi connectivity index (χ0v) is 12.6. The third-order valence-electron chi connectivity index (χ3n) is 3.38. The van der Waals surface area contributed by atoms with Gasteiger partial charge in [-0.1, -0.05) is 18.6 Å². The van der Waals surface area contributed by atoms with Crippen molar-refractivity contribution in [1.29, 1.82) is 0 Å².